The monoisotopic (exact) mass is 290 g/mol. The molecule has 0 radical (unpaired) electrons. The summed E-state index contributed by atoms with van der Waals surface area (Å²) >= 11 is 0. The third kappa shape index (κ3) is 4.57. The Morgan fingerprint density at radius 2 is 2.00 bits per heavy atom. The highest BCUT2D eigenvalue weighted by atomic mass is 16.5. The van der Waals surface area contributed by atoms with Crippen molar-refractivity contribution in [3.8, 4) is 0 Å². The van der Waals surface area contributed by atoms with E-state index in [0.29, 0.717) is 6.61 Å². The van der Waals surface area contributed by atoms with Crippen molar-refractivity contribution in [1.82, 2.24) is 0 Å². The lowest BCUT2D eigenvalue weighted by molar-refractivity contribution is -0.150. The molecular weight excluding hydrogens is 264 g/mol. The molecule has 0 amide bonds. The van der Waals surface area contributed by atoms with Gasteiger partial charge in [0, 0.05) is 0 Å². The highest BCUT2D eigenvalue weighted by molar-refractivity contribution is 5.73. The van der Waals surface area contributed by atoms with Gasteiger partial charge < -0.3 is 9.47 Å². The van der Waals surface area contributed by atoms with Crippen LogP contribution < -0.4 is 0 Å². The van der Waals surface area contributed by atoms with Gasteiger partial charge in [-0.05, 0) is 37.7 Å². The number of rotatable bonds is 7. The van der Waals surface area contributed by atoms with Gasteiger partial charge in [0.25, 0.3) is 0 Å². The van der Waals surface area contributed by atoms with E-state index >= 15 is 0 Å². The van der Waals surface area contributed by atoms with Gasteiger partial charge >= 0.3 is 5.97 Å². The summed E-state index contributed by atoms with van der Waals surface area (Å²) in [5.74, 6) is -0.150. The van der Waals surface area contributed by atoms with E-state index in [1.165, 1.54) is 5.56 Å². The maximum atomic E-state index is 12.2. The van der Waals surface area contributed by atoms with Crippen molar-refractivity contribution in [3.05, 3.63) is 35.9 Å². The van der Waals surface area contributed by atoms with Crippen LogP contribution in [0.1, 0.15) is 45.1 Å². The molecule has 0 aliphatic carbocycles. The van der Waals surface area contributed by atoms with Crippen LogP contribution in [-0.4, -0.2) is 24.8 Å². The zero-order chi connectivity index (χ0) is 15.1. The molecule has 3 atom stereocenters. The number of benzene rings is 1. The minimum Gasteiger partial charge on any atom is -0.465 e. The first kappa shape index (κ1) is 16.0. The van der Waals surface area contributed by atoms with E-state index in [1.54, 1.807) is 0 Å². The van der Waals surface area contributed by atoms with Crippen molar-refractivity contribution < 1.29 is 14.3 Å². The topological polar surface area (TPSA) is 35.5 Å². The Morgan fingerprint density at radius 1 is 1.24 bits per heavy atom. The van der Waals surface area contributed by atoms with Crippen LogP contribution in [0.3, 0.4) is 0 Å². The number of ether oxygens (including phenoxy) is 2. The summed E-state index contributed by atoms with van der Waals surface area (Å²) in [7, 11) is 0. The lowest BCUT2D eigenvalue weighted by Crippen LogP contribution is -2.26. The van der Waals surface area contributed by atoms with Crippen molar-refractivity contribution in [1.29, 1.82) is 0 Å². The van der Waals surface area contributed by atoms with E-state index in [0.717, 1.165) is 32.1 Å². The molecule has 1 aliphatic heterocycles. The molecule has 1 aromatic carbocycles. The van der Waals surface area contributed by atoms with Gasteiger partial charge in [0.1, 0.15) is 0 Å². The average Bonchev–Trinajstić information content (AvgIpc) is 2.96. The fourth-order valence-corrected chi connectivity index (χ4v) is 2.93. The molecule has 0 spiro atoms. The first-order chi connectivity index (χ1) is 10.2. The fraction of sp³-hybridized carbons (Fsp3) is 0.611. The Kier molecular flexibility index (Phi) is 6.24. The Balaban J connectivity index is 1.71. The first-order valence-corrected chi connectivity index (χ1v) is 8.10. The lowest BCUT2D eigenvalue weighted by Gasteiger charge is -2.15. The van der Waals surface area contributed by atoms with Gasteiger partial charge in [-0.25, -0.2) is 0 Å². The smallest absolute Gasteiger partial charge is 0.311 e. The molecule has 1 saturated heterocycles. The van der Waals surface area contributed by atoms with Crippen molar-refractivity contribution in [2.45, 2.75) is 58.2 Å². The van der Waals surface area contributed by atoms with Crippen LogP contribution in [0.25, 0.3) is 0 Å². The summed E-state index contributed by atoms with van der Waals surface area (Å²) in [5, 5.41) is 0. The summed E-state index contributed by atoms with van der Waals surface area (Å²) in [6.45, 7) is 4.67. The maximum absolute atomic E-state index is 12.2. The van der Waals surface area contributed by atoms with Crippen LogP contribution in [0.4, 0.5) is 0 Å². The molecule has 0 saturated carbocycles. The molecule has 3 heteroatoms. The minimum atomic E-state index is -0.0779. The van der Waals surface area contributed by atoms with E-state index in [2.05, 4.69) is 26.0 Å². The SMILES string of the molecule is CC[C@H]1CC(C(=O)OCCCc2ccccc2)[C@H](CC)O1. The molecular formula is C18H26O3. The second-order valence-corrected chi connectivity index (χ2v) is 5.71. The van der Waals surface area contributed by atoms with Crippen LogP contribution in [0.2, 0.25) is 0 Å². The summed E-state index contributed by atoms with van der Waals surface area (Å²) in [4.78, 5) is 12.2. The molecule has 21 heavy (non-hydrogen) atoms. The Bertz CT molecular complexity index is 429. The number of hydrogen-bond acceptors (Lipinski definition) is 3. The Labute approximate surface area is 127 Å². The molecule has 116 valence electrons. The van der Waals surface area contributed by atoms with Crippen molar-refractivity contribution in [2.75, 3.05) is 6.61 Å². The predicted molar refractivity (Wildman–Crippen MR) is 83.1 cm³/mol. The van der Waals surface area contributed by atoms with E-state index in [-0.39, 0.29) is 24.1 Å². The Hall–Kier alpha value is -1.35. The van der Waals surface area contributed by atoms with E-state index < -0.39 is 0 Å². The number of carbonyl (C=O) groups is 1. The van der Waals surface area contributed by atoms with Gasteiger partial charge in [-0.2, -0.15) is 0 Å². The summed E-state index contributed by atoms with van der Waals surface area (Å²) in [6, 6.07) is 10.3. The van der Waals surface area contributed by atoms with E-state index in [4.69, 9.17) is 9.47 Å². The number of hydrogen-bond donors (Lipinski definition) is 0. The molecule has 3 nitrogen and oxygen atoms in total. The van der Waals surface area contributed by atoms with Crippen LogP contribution in [-0.2, 0) is 20.7 Å². The lowest BCUT2D eigenvalue weighted by atomic mass is 9.97. The molecule has 1 unspecified atom stereocenters. The highest BCUT2D eigenvalue weighted by Crippen LogP contribution is 2.31. The normalized spacial score (nSPS) is 25.0. The van der Waals surface area contributed by atoms with Crippen LogP contribution in [0.15, 0.2) is 30.3 Å². The standard InChI is InChI=1S/C18H26O3/c1-3-15-13-16(17(4-2)21-15)18(19)20-12-8-11-14-9-6-5-7-10-14/h5-7,9-10,15-17H,3-4,8,11-13H2,1-2H3/t15-,16?,17-/m0/s1. The van der Waals surface area contributed by atoms with Gasteiger partial charge in [-0.15, -0.1) is 0 Å². The third-order valence-electron chi connectivity index (χ3n) is 4.19. The summed E-state index contributed by atoms with van der Waals surface area (Å²) in [5.41, 5.74) is 1.29. The van der Waals surface area contributed by atoms with Gasteiger partial charge in [0.05, 0.1) is 24.7 Å². The maximum Gasteiger partial charge on any atom is 0.311 e. The molecule has 0 bridgehead atoms. The van der Waals surface area contributed by atoms with Gasteiger partial charge in [-0.3, -0.25) is 4.79 Å². The minimum absolute atomic E-state index is 0.0385. The highest BCUT2D eigenvalue weighted by Gasteiger charge is 2.38. The van der Waals surface area contributed by atoms with Gasteiger partial charge in [0.2, 0.25) is 0 Å². The Morgan fingerprint density at radius 3 is 2.67 bits per heavy atom. The second-order valence-electron chi connectivity index (χ2n) is 5.71. The second kappa shape index (κ2) is 8.18. The fourth-order valence-electron chi connectivity index (χ4n) is 2.93. The summed E-state index contributed by atoms with van der Waals surface area (Å²) < 4.78 is 11.3. The van der Waals surface area contributed by atoms with Gasteiger partial charge in [-0.1, -0.05) is 44.2 Å². The first-order valence-electron chi connectivity index (χ1n) is 8.10. The zero-order valence-electron chi connectivity index (χ0n) is 13.1. The van der Waals surface area contributed by atoms with Crippen LogP contribution in [0, 0.1) is 5.92 Å². The molecule has 1 aromatic rings. The van der Waals surface area contributed by atoms with Crippen molar-refractivity contribution in [3.63, 3.8) is 0 Å². The molecule has 1 heterocycles. The molecule has 0 aromatic heterocycles. The van der Waals surface area contributed by atoms with Crippen LogP contribution in [0.5, 0.6) is 0 Å². The average molecular weight is 290 g/mol. The number of carbonyl (C=O) groups excluding carboxylic acids is 1. The largest absolute Gasteiger partial charge is 0.465 e. The predicted octanol–water partition coefficient (Wildman–Crippen LogP) is 3.76. The van der Waals surface area contributed by atoms with Crippen molar-refractivity contribution in [2.24, 2.45) is 5.92 Å². The van der Waals surface area contributed by atoms with Crippen LogP contribution >= 0.6 is 0 Å². The molecule has 1 aliphatic rings. The number of esters is 1. The molecule has 1 fully saturated rings. The summed E-state index contributed by atoms with van der Waals surface area (Å²) in [6.07, 6.45) is 4.73. The zero-order valence-corrected chi connectivity index (χ0v) is 13.1. The van der Waals surface area contributed by atoms with E-state index in [9.17, 15) is 4.79 Å². The molecule has 2 rings (SSSR count). The third-order valence-corrected chi connectivity index (χ3v) is 4.19. The van der Waals surface area contributed by atoms with Crippen molar-refractivity contribution >= 4 is 5.97 Å². The van der Waals surface area contributed by atoms with E-state index in [1.807, 2.05) is 18.2 Å². The quantitative estimate of drug-likeness (QED) is 0.566. The number of aryl methyl sites for hydroxylation is 1. The molecule has 0 N–H and O–H groups in total. The van der Waals surface area contributed by atoms with Gasteiger partial charge in [0.15, 0.2) is 0 Å².